The van der Waals surface area contributed by atoms with Crippen molar-refractivity contribution in [2.75, 3.05) is 7.11 Å². The first-order valence-corrected chi connectivity index (χ1v) is 9.07. The van der Waals surface area contributed by atoms with Crippen molar-refractivity contribution in [2.24, 2.45) is 4.99 Å². The molecule has 4 rings (SSSR count). The molecule has 0 saturated heterocycles. The van der Waals surface area contributed by atoms with Crippen LogP contribution in [0.15, 0.2) is 74.9 Å². The lowest BCUT2D eigenvalue weighted by molar-refractivity contribution is 0.112. The number of ether oxygens (including phenoxy) is 1. The second kappa shape index (κ2) is 8.27. The summed E-state index contributed by atoms with van der Waals surface area (Å²) < 4.78 is 37.6. The van der Waals surface area contributed by atoms with Crippen LogP contribution in [0, 0.1) is 11.6 Å². The van der Waals surface area contributed by atoms with Crippen molar-refractivity contribution < 1.29 is 22.7 Å². The lowest BCUT2D eigenvalue weighted by atomic mass is 10.1. The molecule has 1 heterocycles. The molecular formula is C23H14F2N2O4. The van der Waals surface area contributed by atoms with Crippen molar-refractivity contribution in [1.82, 2.24) is 4.98 Å². The molecule has 0 fully saturated rings. The van der Waals surface area contributed by atoms with Gasteiger partial charge in [0.1, 0.15) is 11.6 Å². The minimum absolute atomic E-state index is 0.0268. The third-order valence-electron chi connectivity index (χ3n) is 4.50. The highest BCUT2D eigenvalue weighted by molar-refractivity contribution is 5.97. The van der Waals surface area contributed by atoms with Gasteiger partial charge in [-0.3, -0.25) is 4.79 Å². The van der Waals surface area contributed by atoms with E-state index in [0.717, 1.165) is 18.2 Å². The maximum Gasteiger partial charge on any atom is 0.347 e. The number of methoxy groups -OCH3 is 1. The highest BCUT2D eigenvalue weighted by atomic mass is 19.1. The van der Waals surface area contributed by atoms with Gasteiger partial charge in [-0.1, -0.05) is 0 Å². The van der Waals surface area contributed by atoms with E-state index in [9.17, 15) is 18.4 Å². The topological polar surface area (TPSA) is 81.8 Å². The van der Waals surface area contributed by atoms with Crippen molar-refractivity contribution in [3.8, 4) is 11.5 Å². The Hall–Kier alpha value is -4.20. The van der Waals surface area contributed by atoms with E-state index in [0.29, 0.717) is 17.4 Å². The van der Waals surface area contributed by atoms with E-state index in [1.165, 1.54) is 25.3 Å². The highest BCUT2D eigenvalue weighted by Crippen LogP contribution is 2.23. The Bertz CT molecular complexity index is 1380. The van der Waals surface area contributed by atoms with Gasteiger partial charge in [0.05, 0.1) is 23.7 Å². The van der Waals surface area contributed by atoms with E-state index >= 15 is 0 Å². The summed E-state index contributed by atoms with van der Waals surface area (Å²) in [5.41, 5.74) is 0.892. The third-order valence-corrected chi connectivity index (χ3v) is 4.50. The zero-order chi connectivity index (χ0) is 22.0. The van der Waals surface area contributed by atoms with Crippen LogP contribution in [-0.4, -0.2) is 24.3 Å². The Balaban J connectivity index is 1.72. The standard InChI is InChI=1S/C23H14F2N2O4/c1-30-21(26-19-10-16(24)7-6-15(19)12-28)13-2-4-14(5-3-13)22-27-20-11-17(25)8-9-18(20)23(29)31-22/h2-12H,1H3. The number of hydrogen-bond acceptors (Lipinski definition) is 6. The Labute approximate surface area is 174 Å². The summed E-state index contributed by atoms with van der Waals surface area (Å²) in [5.74, 6) is -0.877. The zero-order valence-electron chi connectivity index (χ0n) is 16.1. The van der Waals surface area contributed by atoms with Crippen LogP contribution in [0.1, 0.15) is 15.9 Å². The Kier molecular flexibility index (Phi) is 5.36. The summed E-state index contributed by atoms with van der Waals surface area (Å²) in [6.07, 6.45) is 0.574. The molecule has 4 aromatic rings. The van der Waals surface area contributed by atoms with Gasteiger partial charge in [-0.2, -0.15) is 0 Å². The van der Waals surface area contributed by atoms with Gasteiger partial charge in [0.2, 0.25) is 11.8 Å². The molecule has 0 saturated carbocycles. The normalized spacial score (nSPS) is 11.5. The summed E-state index contributed by atoms with van der Waals surface area (Å²) >= 11 is 0. The van der Waals surface area contributed by atoms with Gasteiger partial charge in [-0.15, -0.1) is 0 Å². The van der Waals surface area contributed by atoms with Crippen LogP contribution in [-0.2, 0) is 4.74 Å². The van der Waals surface area contributed by atoms with Crippen LogP contribution < -0.4 is 5.63 Å². The van der Waals surface area contributed by atoms with Crippen LogP contribution in [0.25, 0.3) is 22.4 Å². The fourth-order valence-electron chi connectivity index (χ4n) is 2.97. The van der Waals surface area contributed by atoms with E-state index in [1.807, 2.05) is 0 Å². The van der Waals surface area contributed by atoms with Crippen molar-refractivity contribution in [3.63, 3.8) is 0 Å². The summed E-state index contributed by atoms with van der Waals surface area (Å²) in [6, 6.07) is 13.8. The summed E-state index contributed by atoms with van der Waals surface area (Å²) in [6.45, 7) is 0. The molecule has 0 atom stereocenters. The van der Waals surface area contributed by atoms with Crippen LogP contribution in [0.3, 0.4) is 0 Å². The summed E-state index contributed by atoms with van der Waals surface area (Å²) in [7, 11) is 1.39. The van der Waals surface area contributed by atoms with E-state index in [-0.39, 0.29) is 33.9 Å². The largest absolute Gasteiger partial charge is 0.481 e. The highest BCUT2D eigenvalue weighted by Gasteiger charge is 2.12. The second-order valence-corrected chi connectivity index (χ2v) is 6.49. The lowest BCUT2D eigenvalue weighted by Crippen LogP contribution is -2.05. The van der Waals surface area contributed by atoms with E-state index in [4.69, 9.17) is 9.15 Å². The molecule has 31 heavy (non-hydrogen) atoms. The van der Waals surface area contributed by atoms with E-state index in [1.54, 1.807) is 24.3 Å². The fourth-order valence-corrected chi connectivity index (χ4v) is 2.97. The van der Waals surface area contributed by atoms with Crippen molar-refractivity contribution >= 4 is 28.8 Å². The van der Waals surface area contributed by atoms with Gasteiger partial charge >= 0.3 is 5.63 Å². The number of fused-ring (bicyclic) bond motifs is 1. The maximum absolute atomic E-state index is 13.6. The molecule has 0 spiro atoms. The van der Waals surface area contributed by atoms with Gasteiger partial charge < -0.3 is 9.15 Å². The average molecular weight is 420 g/mol. The van der Waals surface area contributed by atoms with Crippen LogP contribution >= 0.6 is 0 Å². The predicted molar refractivity (Wildman–Crippen MR) is 111 cm³/mol. The third kappa shape index (κ3) is 4.09. The molecule has 8 heteroatoms. The molecular weight excluding hydrogens is 406 g/mol. The molecule has 154 valence electrons. The smallest absolute Gasteiger partial charge is 0.347 e. The van der Waals surface area contributed by atoms with Crippen molar-refractivity contribution in [1.29, 1.82) is 0 Å². The van der Waals surface area contributed by atoms with Crippen molar-refractivity contribution in [3.05, 3.63) is 93.8 Å². The molecule has 0 bridgehead atoms. The van der Waals surface area contributed by atoms with Gasteiger partial charge in [0, 0.05) is 28.8 Å². The molecule has 0 unspecified atom stereocenters. The number of benzene rings is 3. The van der Waals surface area contributed by atoms with Gasteiger partial charge in [0.25, 0.3) is 0 Å². The first kappa shape index (κ1) is 20.1. The molecule has 0 N–H and O–H groups in total. The summed E-state index contributed by atoms with van der Waals surface area (Å²) in [5, 5.41) is 0.177. The van der Waals surface area contributed by atoms with Crippen molar-refractivity contribution in [2.45, 2.75) is 0 Å². The SMILES string of the molecule is COC(=Nc1cc(F)ccc1C=O)c1ccc(-c2nc3cc(F)ccc3c(=O)o2)cc1. The molecule has 0 aliphatic carbocycles. The number of hydrogen-bond donors (Lipinski definition) is 0. The molecule has 3 aromatic carbocycles. The number of halogens is 2. The predicted octanol–water partition coefficient (Wildman–Crippen LogP) is 4.67. The first-order valence-electron chi connectivity index (χ1n) is 9.07. The molecule has 0 amide bonds. The first-order chi connectivity index (χ1) is 15.0. The maximum atomic E-state index is 13.6. The van der Waals surface area contributed by atoms with E-state index in [2.05, 4.69) is 9.98 Å². The Morgan fingerprint density at radius 1 is 1.03 bits per heavy atom. The number of carbonyl (C=O) groups excluding carboxylic acids is 1. The Morgan fingerprint density at radius 3 is 2.45 bits per heavy atom. The number of carbonyl (C=O) groups is 1. The van der Waals surface area contributed by atoms with Crippen LogP contribution in [0.5, 0.6) is 0 Å². The minimum Gasteiger partial charge on any atom is -0.481 e. The van der Waals surface area contributed by atoms with Gasteiger partial charge in [-0.25, -0.2) is 23.6 Å². The molecule has 0 radical (unpaired) electrons. The van der Waals surface area contributed by atoms with Crippen LogP contribution in [0.4, 0.5) is 14.5 Å². The Morgan fingerprint density at radius 2 is 1.74 bits per heavy atom. The molecule has 1 aromatic heterocycles. The zero-order valence-corrected chi connectivity index (χ0v) is 16.1. The van der Waals surface area contributed by atoms with Gasteiger partial charge in [-0.05, 0) is 48.5 Å². The summed E-state index contributed by atoms with van der Waals surface area (Å²) in [4.78, 5) is 31.8. The van der Waals surface area contributed by atoms with E-state index < -0.39 is 17.3 Å². The minimum atomic E-state index is -0.629. The average Bonchev–Trinajstić information content (AvgIpc) is 2.77. The second-order valence-electron chi connectivity index (χ2n) is 6.49. The molecule has 0 aliphatic heterocycles. The monoisotopic (exact) mass is 420 g/mol. The number of aromatic nitrogens is 1. The number of rotatable bonds is 4. The van der Waals surface area contributed by atoms with Gasteiger partial charge in [0.15, 0.2) is 6.29 Å². The quantitative estimate of drug-likeness (QED) is 0.272. The van der Waals surface area contributed by atoms with Crippen LogP contribution in [0.2, 0.25) is 0 Å². The molecule has 6 nitrogen and oxygen atoms in total. The fraction of sp³-hybridized carbons (Fsp3) is 0.0435. The number of nitrogens with zero attached hydrogens (tertiary/aromatic N) is 2. The number of aliphatic imine (C=N–C) groups is 1. The number of aldehydes is 1. The molecule has 0 aliphatic rings. The lowest BCUT2D eigenvalue weighted by Gasteiger charge is -2.08.